The van der Waals surface area contributed by atoms with Crippen LogP contribution >= 0.6 is 0 Å². The van der Waals surface area contributed by atoms with Gasteiger partial charge in [0.2, 0.25) is 5.91 Å². The molecule has 1 amide bonds. The standard InChI is InChI=1S/C24H25N3O/c28-23(24-12-15-8-16(13-24)10-17(9-15)14-24)25-19-6-7-20-21(11-19)27-22(26-20)18-4-2-1-3-5-18/h1-7,11,15-17H,8-10,12-14H2,(H,25,28)(H,26,27). The number of H-pyrrole nitrogens is 1. The summed E-state index contributed by atoms with van der Waals surface area (Å²) in [5, 5.41) is 3.25. The van der Waals surface area contributed by atoms with Crippen molar-refractivity contribution in [1.29, 1.82) is 0 Å². The van der Waals surface area contributed by atoms with Crippen LogP contribution in [0.15, 0.2) is 48.5 Å². The molecule has 4 saturated carbocycles. The van der Waals surface area contributed by atoms with Crippen LogP contribution in [0.4, 0.5) is 5.69 Å². The van der Waals surface area contributed by atoms with Gasteiger partial charge in [-0.25, -0.2) is 4.98 Å². The first-order valence-electron chi connectivity index (χ1n) is 10.5. The number of aromatic amines is 1. The zero-order valence-electron chi connectivity index (χ0n) is 15.9. The number of benzene rings is 2. The predicted molar refractivity (Wildman–Crippen MR) is 111 cm³/mol. The highest BCUT2D eigenvalue weighted by molar-refractivity contribution is 5.97. The van der Waals surface area contributed by atoms with Crippen molar-refractivity contribution in [2.75, 3.05) is 5.32 Å². The number of nitrogens with one attached hydrogen (secondary N) is 2. The monoisotopic (exact) mass is 371 g/mol. The molecule has 142 valence electrons. The molecule has 28 heavy (non-hydrogen) atoms. The van der Waals surface area contributed by atoms with Crippen molar-refractivity contribution < 1.29 is 4.79 Å². The van der Waals surface area contributed by atoms with Crippen molar-refractivity contribution in [3.05, 3.63) is 48.5 Å². The number of anilines is 1. The van der Waals surface area contributed by atoms with E-state index in [1.54, 1.807) is 0 Å². The Kier molecular flexibility index (Phi) is 3.47. The van der Waals surface area contributed by atoms with Crippen LogP contribution in [-0.4, -0.2) is 15.9 Å². The van der Waals surface area contributed by atoms with Gasteiger partial charge in [0, 0.05) is 11.3 Å². The summed E-state index contributed by atoms with van der Waals surface area (Å²) in [7, 11) is 0. The summed E-state index contributed by atoms with van der Waals surface area (Å²) in [6, 6.07) is 16.1. The van der Waals surface area contributed by atoms with Crippen molar-refractivity contribution in [3.63, 3.8) is 0 Å². The van der Waals surface area contributed by atoms with E-state index in [0.717, 1.165) is 65.1 Å². The number of hydrogen-bond acceptors (Lipinski definition) is 2. The highest BCUT2D eigenvalue weighted by Gasteiger charge is 2.54. The largest absolute Gasteiger partial charge is 0.338 e. The number of hydrogen-bond donors (Lipinski definition) is 2. The van der Waals surface area contributed by atoms with Gasteiger partial charge < -0.3 is 10.3 Å². The number of nitrogens with zero attached hydrogens (tertiary/aromatic N) is 1. The second-order valence-corrected chi connectivity index (χ2v) is 9.34. The van der Waals surface area contributed by atoms with Crippen LogP contribution in [0.3, 0.4) is 0 Å². The zero-order chi connectivity index (χ0) is 18.7. The fraction of sp³-hybridized carbons (Fsp3) is 0.417. The van der Waals surface area contributed by atoms with Crippen LogP contribution in [-0.2, 0) is 4.79 Å². The van der Waals surface area contributed by atoms with Gasteiger partial charge in [0.25, 0.3) is 0 Å². The van der Waals surface area contributed by atoms with Crippen LogP contribution < -0.4 is 5.32 Å². The average Bonchev–Trinajstić information content (AvgIpc) is 3.11. The maximum atomic E-state index is 13.3. The maximum absolute atomic E-state index is 13.3. The van der Waals surface area contributed by atoms with Gasteiger partial charge in [-0.3, -0.25) is 4.79 Å². The summed E-state index contributed by atoms with van der Waals surface area (Å²) < 4.78 is 0. The molecule has 4 fully saturated rings. The zero-order valence-corrected chi connectivity index (χ0v) is 15.9. The van der Waals surface area contributed by atoms with E-state index in [2.05, 4.69) is 15.3 Å². The van der Waals surface area contributed by atoms with E-state index >= 15 is 0 Å². The molecule has 1 aromatic heterocycles. The van der Waals surface area contributed by atoms with Crippen LogP contribution in [0.2, 0.25) is 0 Å². The lowest BCUT2D eigenvalue weighted by Gasteiger charge is -2.55. The Morgan fingerprint density at radius 2 is 1.64 bits per heavy atom. The van der Waals surface area contributed by atoms with Crippen LogP contribution in [0, 0.1) is 23.2 Å². The molecule has 0 atom stereocenters. The van der Waals surface area contributed by atoms with E-state index in [0.29, 0.717) is 0 Å². The van der Waals surface area contributed by atoms with Gasteiger partial charge in [-0.05, 0) is 74.5 Å². The summed E-state index contributed by atoms with van der Waals surface area (Å²) in [5.41, 5.74) is 3.70. The summed E-state index contributed by atoms with van der Waals surface area (Å²) in [4.78, 5) is 21.4. The summed E-state index contributed by atoms with van der Waals surface area (Å²) in [6.45, 7) is 0. The number of amides is 1. The Morgan fingerprint density at radius 3 is 2.32 bits per heavy atom. The number of aromatic nitrogens is 2. The van der Waals surface area contributed by atoms with Crippen molar-refractivity contribution >= 4 is 22.6 Å². The van der Waals surface area contributed by atoms with E-state index < -0.39 is 0 Å². The number of imidazole rings is 1. The van der Waals surface area contributed by atoms with Gasteiger partial charge in [-0.1, -0.05) is 30.3 Å². The lowest BCUT2D eigenvalue weighted by atomic mass is 9.49. The third-order valence-corrected chi connectivity index (χ3v) is 7.31. The average molecular weight is 371 g/mol. The summed E-state index contributed by atoms with van der Waals surface area (Å²) >= 11 is 0. The minimum absolute atomic E-state index is 0.118. The molecule has 0 unspecified atom stereocenters. The Hall–Kier alpha value is -2.62. The second-order valence-electron chi connectivity index (χ2n) is 9.34. The van der Waals surface area contributed by atoms with Crippen LogP contribution in [0.1, 0.15) is 38.5 Å². The Bertz CT molecular complexity index is 1020. The third-order valence-electron chi connectivity index (χ3n) is 7.31. The molecule has 0 spiro atoms. The minimum Gasteiger partial charge on any atom is -0.338 e. The van der Waals surface area contributed by atoms with Crippen molar-refractivity contribution in [1.82, 2.24) is 9.97 Å². The highest BCUT2D eigenvalue weighted by atomic mass is 16.2. The van der Waals surface area contributed by atoms with Gasteiger partial charge in [-0.15, -0.1) is 0 Å². The number of carbonyl (C=O) groups excluding carboxylic acids is 1. The molecule has 1 heterocycles. The normalized spacial score (nSPS) is 30.6. The quantitative estimate of drug-likeness (QED) is 0.649. The second kappa shape index (κ2) is 5.94. The van der Waals surface area contributed by atoms with Gasteiger partial charge in [-0.2, -0.15) is 0 Å². The van der Waals surface area contributed by atoms with E-state index in [1.807, 2.05) is 48.5 Å². The maximum Gasteiger partial charge on any atom is 0.230 e. The number of fused-ring (bicyclic) bond motifs is 1. The smallest absolute Gasteiger partial charge is 0.230 e. The van der Waals surface area contributed by atoms with Crippen molar-refractivity contribution in [2.45, 2.75) is 38.5 Å². The highest BCUT2D eigenvalue weighted by Crippen LogP contribution is 2.60. The molecule has 0 aliphatic heterocycles. The molecule has 0 radical (unpaired) electrons. The van der Waals surface area contributed by atoms with Gasteiger partial charge >= 0.3 is 0 Å². The molecule has 4 aliphatic rings. The van der Waals surface area contributed by atoms with E-state index in [9.17, 15) is 4.79 Å². The SMILES string of the molecule is O=C(Nc1ccc2nc(-c3ccccc3)[nH]c2c1)C12CC3CC(CC(C3)C1)C2. The molecule has 4 nitrogen and oxygen atoms in total. The number of rotatable bonds is 3. The molecule has 0 saturated heterocycles. The van der Waals surface area contributed by atoms with E-state index in [-0.39, 0.29) is 11.3 Å². The summed E-state index contributed by atoms with van der Waals surface area (Å²) in [6.07, 6.45) is 7.35. The lowest BCUT2D eigenvalue weighted by molar-refractivity contribution is -0.140. The molecule has 7 rings (SSSR count). The Morgan fingerprint density at radius 1 is 0.964 bits per heavy atom. The minimum atomic E-state index is -0.118. The van der Waals surface area contributed by atoms with Crippen molar-refractivity contribution in [3.8, 4) is 11.4 Å². The Balaban J connectivity index is 1.27. The van der Waals surface area contributed by atoms with Crippen LogP contribution in [0.5, 0.6) is 0 Å². The first-order valence-corrected chi connectivity index (χ1v) is 10.5. The van der Waals surface area contributed by atoms with E-state index in [1.165, 1.54) is 19.3 Å². The van der Waals surface area contributed by atoms with Crippen molar-refractivity contribution in [2.24, 2.45) is 23.2 Å². The van der Waals surface area contributed by atoms with Gasteiger partial charge in [0.05, 0.1) is 16.4 Å². The molecule has 2 aromatic carbocycles. The fourth-order valence-electron chi connectivity index (χ4n) is 6.47. The molecule has 4 aliphatic carbocycles. The molecular formula is C24H25N3O. The molecule has 2 N–H and O–H groups in total. The fourth-order valence-corrected chi connectivity index (χ4v) is 6.47. The van der Waals surface area contributed by atoms with E-state index in [4.69, 9.17) is 0 Å². The topological polar surface area (TPSA) is 57.8 Å². The van der Waals surface area contributed by atoms with Crippen LogP contribution in [0.25, 0.3) is 22.4 Å². The molecule has 4 heteroatoms. The lowest BCUT2D eigenvalue weighted by Crippen LogP contribution is -2.51. The first-order chi connectivity index (χ1) is 13.7. The van der Waals surface area contributed by atoms with Gasteiger partial charge in [0.1, 0.15) is 5.82 Å². The third kappa shape index (κ3) is 2.58. The predicted octanol–water partition coefficient (Wildman–Crippen LogP) is 5.38. The number of carbonyl (C=O) groups is 1. The first kappa shape index (κ1) is 16.3. The molecule has 4 bridgehead atoms. The molecular weight excluding hydrogens is 346 g/mol. The summed E-state index contributed by atoms with van der Waals surface area (Å²) in [5.74, 6) is 3.44. The Labute approximate surface area is 164 Å². The van der Waals surface area contributed by atoms with Gasteiger partial charge in [0.15, 0.2) is 0 Å². The molecule has 3 aromatic rings.